The van der Waals surface area contributed by atoms with Gasteiger partial charge in [0.25, 0.3) is 0 Å². The molecular formula is C12H21N5O. The largest absolute Gasteiger partial charge is 0.373 e. The Morgan fingerprint density at radius 1 is 1.33 bits per heavy atom. The minimum atomic E-state index is 0.0455. The van der Waals surface area contributed by atoms with Crippen molar-refractivity contribution >= 4 is 17.5 Å². The van der Waals surface area contributed by atoms with Gasteiger partial charge in [0, 0.05) is 26.2 Å². The minimum absolute atomic E-state index is 0.0455. The van der Waals surface area contributed by atoms with Crippen LogP contribution in [0.2, 0.25) is 0 Å². The summed E-state index contributed by atoms with van der Waals surface area (Å²) in [5, 5.41) is 6.09. The van der Waals surface area contributed by atoms with E-state index in [0.29, 0.717) is 6.54 Å². The van der Waals surface area contributed by atoms with Crippen LogP contribution in [0.15, 0.2) is 6.33 Å². The molecule has 0 atom stereocenters. The van der Waals surface area contributed by atoms with Crippen LogP contribution >= 0.6 is 0 Å². The molecule has 0 bridgehead atoms. The van der Waals surface area contributed by atoms with E-state index in [1.165, 1.54) is 6.33 Å². The van der Waals surface area contributed by atoms with E-state index in [1.807, 2.05) is 20.9 Å². The van der Waals surface area contributed by atoms with Crippen molar-refractivity contribution in [2.75, 3.05) is 37.8 Å². The minimum Gasteiger partial charge on any atom is -0.373 e. The summed E-state index contributed by atoms with van der Waals surface area (Å²) in [5.41, 5.74) is 0.993. The fourth-order valence-electron chi connectivity index (χ4n) is 1.59. The Morgan fingerprint density at radius 3 is 2.56 bits per heavy atom. The van der Waals surface area contributed by atoms with Crippen LogP contribution in [0, 0.1) is 0 Å². The van der Waals surface area contributed by atoms with Crippen LogP contribution in [0.4, 0.5) is 11.6 Å². The first-order valence-electron chi connectivity index (χ1n) is 6.13. The molecule has 6 nitrogen and oxygen atoms in total. The smallest absolute Gasteiger partial charge is 0.241 e. The summed E-state index contributed by atoms with van der Waals surface area (Å²) in [5.74, 6) is 1.56. The highest BCUT2D eigenvalue weighted by atomic mass is 16.2. The van der Waals surface area contributed by atoms with Crippen molar-refractivity contribution in [2.24, 2.45) is 0 Å². The first-order valence-corrected chi connectivity index (χ1v) is 6.13. The zero-order chi connectivity index (χ0) is 13.5. The van der Waals surface area contributed by atoms with Crippen LogP contribution in [0.25, 0.3) is 0 Å². The maximum Gasteiger partial charge on any atom is 0.241 e. The highest BCUT2D eigenvalue weighted by Crippen LogP contribution is 2.19. The normalized spacial score (nSPS) is 10.0. The number of likely N-dealkylation sites (N-methyl/N-ethyl adjacent to an activating group) is 1. The Labute approximate surface area is 108 Å². The highest BCUT2D eigenvalue weighted by molar-refractivity contribution is 5.80. The molecule has 1 heterocycles. The summed E-state index contributed by atoms with van der Waals surface area (Å²) in [7, 11) is 3.60. The number of carbonyl (C=O) groups excluding carboxylic acids is 1. The van der Waals surface area contributed by atoms with Gasteiger partial charge in [-0.1, -0.05) is 6.92 Å². The van der Waals surface area contributed by atoms with Crippen molar-refractivity contribution in [1.29, 1.82) is 0 Å². The monoisotopic (exact) mass is 251 g/mol. The fraction of sp³-hybridized carbons (Fsp3) is 0.583. The number of nitrogens with one attached hydrogen (secondary N) is 2. The van der Waals surface area contributed by atoms with Gasteiger partial charge < -0.3 is 15.5 Å². The van der Waals surface area contributed by atoms with Crippen molar-refractivity contribution in [3.05, 3.63) is 11.9 Å². The Balaban J connectivity index is 2.76. The molecule has 0 aliphatic heterocycles. The van der Waals surface area contributed by atoms with Crippen LogP contribution in [-0.4, -0.2) is 48.0 Å². The molecule has 0 aliphatic carbocycles. The lowest BCUT2D eigenvalue weighted by molar-refractivity contribution is -0.127. The second-order valence-corrected chi connectivity index (χ2v) is 3.91. The highest BCUT2D eigenvalue weighted by Gasteiger charge is 2.11. The molecule has 1 aromatic rings. The molecule has 0 radical (unpaired) electrons. The molecular weight excluding hydrogens is 230 g/mol. The van der Waals surface area contributed by atoms with Gasteiger partial charge in [-0.15, -0.1) is 0 Å². The number of hydrogen-bond donors (Lipinski definition) is 2. The summed E-state index contributed by atoms with van der Waals surface area (Å²) in [6, 6.07) is 0. The third-order valence-electron chi connectivity index (χ3n) is 2.84. The van der Waals surface area contributed by atoms with E-state index in [1.54, 1.807) is 11.9 Å². The Bertz CT molecular complexity index is 407. The zero-order valence-electron chi connectivity index (χ0n) is 11.4. The zero-order valence-corrected chi connectivity index (χ0v) is 11.4. The van der Waals surface area contributed by atoms with Crippen molar-refractivity contribution < 1.29 is 4.79 Å². The lowest BCUT2D eigenvalue weighted by Crippen LogP contribution is -2.32. The van der Waals surface area contributed by atoms with Gasteiger partial charge in [-0.25, -0.2) is 9.97 Å². The van der Waals surface area contributed by atoms with Crippen LogP contribution in [0.1, 0.15) is 19.4 Å². The molecule has 1 amide bonds. The molecule has 1 aromatic heterocycles. The standard InChI is InChI=1S/C12H21N5O/c1-5-9-11(13-3)15-8-16-12(9)14-7-10(18)17(4)6-2/h8H,5-7H2,1-4H3,(H2,13,14,15,16). The first kappa shape index (κ1) is 14.2. The number of aromatic nitrogens is 2. The SMILES string of the molecule is CCc1c(NC)ncnc1NCC(=O)N(C)CC. The summed E-state index contributed by atoms with van der Waals surface area (Å²) < 4.78 is 0. The lowest BCUT2D eigenvalue weighted by atomic mass is 10.2. The predicted molar refractivity (Wildman–Crippen MR) is 72.8 cm³/mol. The van der Waals surface area contributed by atoms with Crippen LogP contribution in [-0.2, 0) is 11.2 Å². The first-order chi connectivity index (χ1) is 8.63. The topological polar surface area (TPSA) is 70.1 Å². The van der Waals surface area contributed by atoms with Crippen molar-refractivity contribution in [2.45, 2.75) is 20.3 Å². The van der Waals surface area contributed by atoms with Crippen LogP contribution in [0.3, 0.4) is 0 Å². The quantitative estimate of drug-likeness (QED) is 0.788. The van der Waals surface area contributed by atoms with Crippen LogP contribution in [0.5, 0.6) is 0 Å². The second-order valence-electron chi connectivity index (χ2n) is 3.91. The van der Waals surface area contributed by atoms with E-state index in [2.05, 4.69) is 20.6 Å². The van der Waals surface area contributed by atoms with E-state index in [9.17, 15) is 4.79 Å². The molecule has 100 valence electrons. The summed E-state index contributed by atoms with van der Waals surface area (Å²) in [6.07, 6.45) is 2.29. The van der Waals surface area contributed by atoms with E-state index in [4.69, 9.17) is 0 Å². The Kier molecular flexibility index (Phi) is 5.35. The van der Waals surface area contributed by atoms with Gasteiger partial charge in [0.2, 0.25) is 5.91 Å². The molecule has 0 spiro atoms. The van der Waals surface area contributed by atoms with E-state index >= 15 is 0 Å². The molecule has 0 saturated carbocycles. The number of nitrogens with zero attached hydrogens (tertiary/aromatic N) is 3. The number of amides is 1. The molecule has 18 heavy (non-hydrogen) atoms. The van der Waals surface area contributed by atoms with Gasteiger partial charge in [0.1, 0.15) is 18.0 Å². The molecule has 0 saturated heterocycles. The summed E-state index contributed by atoms with van der Waals surface area (Å²) in [4.78, 5) is 21.7. The predicted octanol–water partition coefficient (Wildman–Crippen LogP) is 0.971. The number of anilines is 2. The van der Waals surface area contributed by atoms with Crippen molar-refractivity contribution in [1.82, 2.24) is 14.9 Å². The van der Waals surface area contributed by atoms with E-state index in [-0.39, 0.29) is 12.5 Å². The lowest BCUT2D eigenvalue weighted by Gasteiger charge is -2.16. The second kappa shape index (κ2) is 6.78. The van der Waals surface area contributed by atoms with E-state index < -0.39 is 0 Å². The maximum atomic E-state index is 11.7. The van der Waals surface area contributed by atoms with E-state index in [0.717, 1.165) is 23.6 Å². The van der Waals surface area contributed by atoms with Gasteiger partial charge in [-0.05, 0) is 13.3 Å². The van der Waals surface area contributed by atoms with Crippen LogP contribution < -0.4 is 10.6 Å². The van der Waals surface area contributed by atoms with Crippen molar-refractivity contribution in [3.63, 3.8) is 0 Å². The maximum absolute atomic E-state index is 11.7. The molecule has 0 aliphatic rings. The molecule has 0 unspecified atom stereocenters. The molecule has 0 aromatic carbocycles. The average Bonchev–Trinajstić information content (AvgIpc) is 2.42. The molecule has 1 rings (SSSR count). The molecule has 2 N–H and O–H groups in total. The van der Waals surface area contributed by atoms with Crippen molar-refractivity contribution in [3.8, 4) is 0 Å². The third kappa shape index (κ3) is 3.32. The Hall–Kier alpha value is -1.85. The summed E-state index contributed by atoms with van der Waals surface area (Å²) in [6.45, 7) is 4.92. The Morgan fingerprint density at radius 2 is 2.00 bits per heavy atom. The molecule has 6 heteroatoms. The fourth-order valence-corrected chi connectivity index (χ4v) is 1.59. The summed E-state index contributed by atoms with van der Waals surface area (Å²) >= 11 is 0. The number of carbonyl (C=O) groups is 1. The van der Waals surface area contributed by atoms with Gasteiger partial charge in [0.05, 0.1) is 6.54 Å². The third-order valence-corrected chi connectivity index (χ3v) is 2.84. The van der Waals surface area contributed by atoms with Gasteiger partial charge in [-0.3, -0.25) is 4.79 Å². The molecule has 0 fully saturated rings. The van der Waals surface area contributed by atoms with Gasteiger partial charge in [0.15, 0.2) is 0 Å². The average molecular weight is 251 g/mol. The number of rotatable bonds is 6. The number of hydrogen-bond acceptors (Lipinski definition) is 5. The van der Waals surface area contributed by atoms with Gasteiger partial charge >= 0.3 is 0 Å². The van der Waals surface area contributed by atoms with Gasteiger partial charge in [-0.2, -0.15) is 0 Å².